The summed E-state index contributed by atoms with van der Waals surface area (Å²) in [6.07, 6.45) is 6.06. The predicted molar refractivity (Wildman–Crippen MR) is 113 cm³/mol. The van der Waals surface area contributed by atoms with Gasteiger partial charge in [0.25, 0.3) is 0 Å². The van der Waals surface area contributed by atoms with Crippen LogP contribution in [0.15, 0.2) is 42.7 Å². The van der Waals surface area contributed by atoms with E-state index in [0.29, 0.717) is 6.54 Å². The van der Waals surface area contributed by atoms with Gasteiger partial charge in [-0.25, -0.2) is 0 Å². The minimum absolute atomic E-state index is 0. The Kier molecular flexibility index (Phi) is 9.80. The van der Waals surface area contributed by atoms with Gasteiger partial charge in [0.15, 0.2) is 0 Å². The van der Waals surface area contributed by atoms with Crippen LogP contribution < -0.4 is 10.6 Å². The van der Waals surface area contributed by atoms with Crippen LogP contribution in [0.25, 0.3) is 0 Å². The summed E-state index contributed by atoms with van der Waals surface area (Å²) in [5.41, 5.74) is 2.13. The summed E-state index contributed by atoms with van der Waals surface area (Å²) in [5.74, 6) is -0.0179. The number of aromatic nitrogens is 2. The number of rotatable bonds is 7. The second kappa shape index (κ2) is 11.3. The molecule has 8 heteroatoms. The fraction of sp³-hybridized carbons (Fsp3) is 0.474. The summed E-state index contributed by atoms with van der Waals surface area (Å²) in [7, 11) is 3.65. The van der Waals surface area contributed by atoms with E-state index in [2.05, 4.69) is 44.9 Å². The Bertz CT molecular complexity index is 688. The van der Waals surface area contributed by atoms with Crippen LogP contribution in [0.2, 0.25) is 0 Å². The van der Waals surface area contributed by atoms with Crippen LogP contribution in [0.4, 0.5) is 0 Å². The van der Waals surface area contributed by atoms with Crippen molar-refractivity contribution in [3.8, 4) is 0 Å². The van der Waals surface area contributed by atoms with E-state index >= 15 is 0 Å². The monoisotopic (exact) mass is 413 g/mol. The van der Waals surface area contributed by atoms with Crippen LogP contribution in [-0.4, -0.2) is 47.3 Å². The van der Waals surface area contributed by atoms with Crippen molar-refractivity contribution in [2.75, 3.05) is 26.7 Å². The molecule has 27 heavy (non-hydrogen) atoms. The molecule has 0 bridgehead atoms. The Hall–Kier alpha value is -1.60. The van der Waals surface area contributed by atoms with Crippen LogP contribution in [0, 0.1) is 0 Å². The van der Waals surface area contributed by atoms with Crippen LogP contribution >= 0.6 is 24.8 Å². The molecule has 2 unspecified atom stereocenters. The molecule has 150 valence electrons. The van der Waals surface area contributed by atoms with Gasteiger partial charge in [-0.15, -0.1) is 24.8 Å². The summed E-state index contributed by atoms with van der Waals surface area (Å²) in [6, 6.07) is 10.3. The molecule has 1 saturated heterocycles. The molecule has 1 aliphatic heterocycles. The molecule has 2 aromatic rings. The third kappa shape index (κ3) is 5.94. The number of hydrogen-bond acceptors (Lipinski definition) is 4. The fourth-order valence-electron chi connectivity index (χ4n) is 3.52. The number of benzene rings is 1. The average Bonchev–Trinajstić information content (AvgIpc) is 3.29. The number of amides is 1. The SMILES string of the molecule is CNC(C(=O)NCC(c1ccccc1)N1CCCC1)c1cnn(C)c1.Cl.Cl. The van der Waals surface area contributed by atoms with Gasteiger partial charge < -0.3 is 10.6 Å². The highest BCUT2D eigenvalue weighted by atomic mass is 35.5. The Labute approximate surface area is 173 Å². The normalized spacial score (nSPS) is 16.1. The zero-order chi connectivity index (χ0) is 17.6. The van der Waals surface area contributed by atoms with Crippen molar-refractivity contribution < 1.29 is 4.79 Å². The number of nitrogens with one attached hydrogen (secondary N) is 2. The predicted octanol–water partition coefficient (Wildman–Crippen LogP) is 2.48. The number of aryl methyl sites for hydroxylation is 1. The van der Waals surface area contributed by atoms with Gasteiger partial charge in [0.1, 0.15) is 6.04 Å². The summed E-state index contributed by atoms with van der Waals surface area (Å²) < 4.78 is 1.71. The van der Waals surface area contributed by atoms with Crippen molar-refractivity contribution >= 4 is 30.7 Å². The highest BCUT2D eigenvalue weighted by molar-refractivity contribution is 5.85. The molecule has 0 radical (unpaired) electrons. The summed E-state index contributed by atoms with van der Waals surface area (Å²) in [4.78, 5) is 15.2. The average molecular weight is 414 g/mol. The van der Waals surface area contributed by atoms with Crippen LogP contribution in [0.1, 0.15) is 36.1 Å². The van der Waals surface area contributed by atoms with E-state index in [4.69, 9.17) is 0 Å². The quantitative estimate of drug-likeness (QED) is 0.731. The van der Waals surface area contributed by atoms with Crippen molar-refractivity contribution in [1.29, 1.82) is 0 Å². The van der Waals surface area contributed by atoms with Gasteiger partial charge in [-0.1, -0.05) is 30.3 Å². The van der Waals surface area contributed by atoms with Crippen molar-refractivity contribution in [3.63, 3.8) is 0 Å². The highest BCUT2D eigenvalue weighted by Gasteiger charge is 2.26. The number of likely N-dealkylation sites (tertiary alicyclic amines) is 1. The van der Waals surface area contributed by atoms with E-state index in [1.54, 1.807) is 17.9 Å². The smallest absolute Gasteiger partial charge is 0.241 e. The number of likely N-dealkylation sites (N-methyl/N-ethyl adjacent to an activating group) is 1. The molecule has 2 heterocycles. The van der Waals surface area contributed by atoms with E-state index in [-0.39, 0.29) is 42.8 Å². The first-order valence-electron chi connectivity index (χ1n) is 8.91. The van der Waals surface area contributed by atoms with Gasteiger partial charge in [-0.2, -0.15) is 5.10 Å². The highest BCUT2D eigenvalue weighted by Crippen LogP contribution is 2.24. The lowest BCUT2D eigenvalue weighted by Crippen LogP contribution is -2.41. The zero-order valence-corrected chi connectivity index (χ0v) is 17.4. The second-order valence-corrected chi connectivity index (χ2v) is 6.58. The van der Waals surface area contributed by atoms with Crippen molar-refractivity contribution in [1.82, 2.24) is 25.3 Å². The number of carbonyl (C=O) groups is 1. The molecule has 0 saturated carbocycles. The molecular weight excluding hydrogens is 385 g/mol. The first-order valence-corrected chi connectivity index (χ1v) is 8.91. The third-order valence-corrected chi connectivity index (χ3v) is 4.84. The molecule has 1 amide bonds. The van der Waals surface area contributed by atoms with E-state index < -0.39 is 0 Å². The van der Waals surface area contributed by atoms with Crippen molar-refractivity contribution in [2.24, 2.45) is 7.05 Å². The molecule has 0 aliphatic carbocycles. The molecule has 1 aromatic carbocycles. The largest absolute Gasteiger partial charge is 0.353 e. The summed E-state index contributed by atoms with van der Waals surface area (Å²) in [6.45, 7) is 2.79. The zero-order valence-electron chi connectivity index (χ0n) is 15.8. The van der Waals surface area contributed by atoms with E-state index in [9.17, 15) is 4.79 Å². The molecule has 2 atom stereocenters. The van der Waals surface area contributed by atoms with Crippen molar-refractivity contribution in [2.45, 2.75) is 24.9 Å². The number of nitrogens with zero attached hydrogens (tertiary/aromatic N) is 3. The molecular formula is C19H29Cl2N5O. The topological polar surface area (TPSA) is 62.2 Å². The summed E-state index contributed by atoms with van der Waals surface area (Å²) in [5, 5.41) is 10.4. The minimum Gasteiger partial charge on any atom is -0.353 e. The lowest BCUT2D eigenvalue weighted by molar-refractivity contribution is -0.123. The molecule has 1 fully saturated rings. The first kappa shape index (κ1) is 23.4. The molecule has 1 aliphatic rings. The molecule has 0 spiro atoms. The molecule has 2 N–H and O–H groups in total. The second-order valence-electron chi connectivity index (χ2n) is 6.58. The first-order chi connectivity index (χ1) is 12.2. The lowest BCUT2D eigenvalue weighted by Gasteiger charge is -2.29. The van der Waals surface area contributed by atoms with Gasteiger partial charge in [0, 0.05) is 25.4 Å². The third-order valence-electron chi connectivity index (χ3n) is 4.84. The van der Waals surface area contributed by atoms with Gasteiger partial charge in [-0.05, 0) is 38.5 Å². The van der Waals surface area contributed by atoms with Crippen LogP contribution in [-0.2, 0) is 11.8 Å². The molecule has 3 rings (SSSR count). The Balaban J connectivity index is 0.00000182. The standard InChI is InChI=1S/C19H27N5O.2ClH/c1-20-18(16-12-22-23(2)14-16)19(25)21-13-17(24-10-6-7-11-24)15-8-4-3-5-9-15;;/h3-5,8-9,12,14,17-18,20H,6-7,10-11,13H2,1-2H3,(H,21,25);2*1H. The Morgan fingerprint density at radius 2 is 1.81 bits per heavy atom. The lowest BCUT2D eigenvalue weighted by atomic mass is 10.0. The van der Waals surface area contributed by atoms with Gasteiger partial charge in [0.2, 0.25) is 5.91 Å². The van der Waals surface area contributed by atoms with E-state index in [1.807, 2.05) is 19.3 Å². The molecule has 1 aromatic heterocycles. The summed E-state index contributed by atoms with van der Waals surface area (Å²) >= 11 is 0. The van der Waals surface area contributed by atoms with Crippen LogP contribution in [0.3, 0.4) is 0 Å². The van der Waals surface area contributed by atoms with Gasteiger partial charge in [0.05, 0.1) is 12.2 Å². The Morgan fingerprint density at radius 1 is 1.15 bits per heavy atom. The molecule has 6 nitrogen and oxygen atoms in total. The number of halogens is 2. The maximum absolute atomic E-state index is 12.7. The maximum Gasteiger partial charge on any atom is 0.241 e. The van der Waals surface area contributed by atoms with Gasteiger partial charge >= 0.3 is 0 Å². The van der Waals surface area contributed by atoms with Crippen LogP contribution in [0.5, 0.6) is 0 Å². The van der Waals surface area contributed by atoms with E-state index in [0.717, 1.165) is 18.7 Å². The number of carbonyl (C=O) groups excluding carboxylic acids is 1. The van der Waals surface area contributed by atoms with Gasteiger partial charge in [-0.3, -0.25) is 14.4 Å². The van der Waals surface area contributed by atoms with Crippen molar-refractivity contribution in [3.05, 3.63) is 53.9 Å². The number of hydrogen-bond donors (Lipinski definition) is 2. The van der Waals surface area contributed by atoms with E-state index in [1.165, 1.54) is 18.4 Å². The maximum atomic E-state index is 12.7. The Morgan fingerprint density at radius 3 is 2.37 bits per heavy atom. The fourth-order valence-corrected chi connectivity index (χ4v) is 3.52. The minimum atomic E-state index is -0.385.